The molecular weight excluding hydrogens is 272 g/mol. The normalized spacial score (nSPS) is 14.2. The number of nitrogens with two attached hydrogens (primary N) is 1. The highest BCUT2D eigenvalue weighted by molar-refractivity contribution is 6.31. The molecule has 0 aromatic heterocycles. The second-order valence-electron chi connectivity index (χ2n) is 4.96. The quantitative estimate of drug-likeness (QED) is 0.860. The van der Waals surface area contributed by atoms with Crippen molar-refractivity contribution < 1.29 is 4.79 Å². The van der Waals surface area contributed by atoms with Gasteiger partial charge in [-0.2, -0.15) is 0 Å². The Kier molecular flexibility index (Phi) is 3.36. The number of nitrogen functional groups attached to an aromatic ring is 1. The molecule has 20 heavy (non-hydrogen) atoms. The average Bonchev–Trinajstić information content (AvgIpc) is 2.44. The topological polar surface area (TPSA) is 46.3 Å². The van der Waals surface area contributed by atoms with Gasteiger partial charge in [0.15, 0.2) is 0 Å². The highest BCUT2D eigenvalue weighted by Gasteiger charge is 2.24. The van der Waals surface area contributed by atoms with Gasteiger partial charge >= 0.3 is 0 Å². The molecule has 0 aliphatic carbocycles. The third kappa shape index (κ3) is 2.37. The van der Waals surface area contributed by atoms with Gasteiger partial charge in [-0.05, 0) is 41.8 Å². The Labute approximate surface area is 123 Å². The number of carbonyl (C=O) groups excluding carboxylic acids is 1. The Bertz CT molecular complexity index is 669. The molecular formula is C16H15ClN2O. The maximum Gasteiger partial charge on any atom is 0.227 e. The number of carbonyl (C=O) groups is 1. The van der Waals surface area contributed by atoms with E-state index in [9.17, 15) is 4.79 Å². The number of rotatable bonds is 2. The molecule has 3 rings (SSSR count). The Morgan fingerprint density at radius 3 is 2.75 bits per heavy atom. The third-order valence-corrected chi connectivity index (χ3v) is 3.96. The van der Waals surface area contributed by atoms with Gasteiger partial charge in [0.1, 0.15) is 0 Å². The molecule has 0 fully saturated rings. The summed E-state index contributed by atoms with van der Waals surface area (Å²) in [5.74, 6) is 0.127. The number of amides is 1. The smallest absolute Gasteiger partial charge is 0.227 e. The van der Waals surface area contributed by atoms with E-state index in [4.69, 9.17) is 17.3 Å². The summed E-state index contributed by atoms with van der Waals surface area (Å²) in [4.78, 5) is 14.0. The molecule has 1 heterocycles. The minimum Gasteiger partial charge on any atom is -0.399 e. The summed E-state index contributed by atoms with van der Waals surface area (Å²) in [5, 5.41) is 0.683. The van der Waals surface area contributed by atoms with Gasteiger partial charge < -0.3 is 10.6 Å². The molecule has 2 N–H and O–H groups in total. The predicted octanol–water partition coefficient (Wildman–Crippen LogP) is 3.40. The van der Waals surface area contributed by atoms with Crippen LogP contribution in [0.15, 0.2) is 42.5 Å². The number of nitrogens with zero attached hydrogens (tertiary/aromatic N) is 1. The fourth-order valence-electron chi connectivity index (χ4n) is 2.55. The Morgan fingerprint density at radius 1 is 1.15 bits per heavy atom. The molecule has 2 aromatic rings. The van der Waals surface area contributed by atoms with Crippen molar-refractivity contribution in [3.8, 4) is 0 Å². The summed E-state index contributed by atoms with van der Waals surface area (Å²) in [5.41, 5.74) is 9.56. The van der Waals surface area contributed by atoms with Crippen LogP contribution in [0.2, 0.25) is 5.02 Å². The van der Waals surface area contributed by atoms with Crippen molar-refractivity contribution >= 4 is 28.9 Å². The molecule has 0 saturated carbocycles. The first-order valence-corrected chi connectivity index (χ1v) is 6.95. The Morgan fingerprint density at radius 2 is 1.95 bits per heavy atom. The van der Waals surface area contributed by atoms with Gasteiger partial charge in [0, 0.05) is 22.8 Å². The molecule has 3 nitrogen and oxygen atoms in total. The van der Waals surface area contributed by atoms with E-state index < -0.39 is 0 Å². The van der Waals surface area contributed by atoms with Crippen molar-refractivity contribution in [2.24, 2.45) is 0 Å². The number of benzene rings is 2. The fourth-order valence-corrected chi connectivity index (χ4v) is 2.75. The van der Waals surface area contributed by atoms with Gasteiger partial charge in [-0.3, -0.25) is 4.79 Å². The van der Waals surface area contributed by atoms with Crippen LogP contribution in [-0.4, -0.2) is 5.91 Å². The van der Waals surface area contributed by atoms with E-state index in [1.165, 1.54) is 0 Å². The van der Waals surface area contributed by atoms with Crippen molar-refractivity contribution in [1.82, 2.24) is 0 Å². The summed E-state index contributed by atoms with van der Waals surface area (Å²) < 4.78 is 0. The van der Waals surface area contributed by atoms with Crippen LogP contribution in [-0.2, 0) is 17.8 Å². The standard InChI is InChI=1S/C16H15ClN2O/c17-14-4-2-1-3-12(14)10-19-15-7-6-13(18)9-11(15)5-8-16(19)20/h1-4,6-7,9H,5,8,10,18H2. The van der Waals surface area contributed by atoms with Gasteiger partial charge in [-0.25, -0.2) is 0 Å². The van der Waals surface area contributed by atoms with Crippen molar-refractivity contribution in [1.29, 1.82) is 0 Å². The summed E-state index contributed by atoms with van der Waals surface area (Å²) >= 11 is 6.19. The lowest BCUT2D eigenvalue weighted by molar-refractivity contribution is -0.119. The molecule has 0 bridgehead atoms. The van der Waals surface area contributed by atoms with Crippen molar-refractivity contribution in [2.45, 2.75) is 19.4 Å². The summed E-state index contributed by atoms with van der Waals surface area (Å²) in [6.07, 6.45) is 1.26. The van der Waals surface area contributed by atoms with Crippen LogP contribution in [0.1, 0.15) is 17.5 Å². The van der Waals surface area contributed by atoms with Gasteiger partial charge in [0.2, 0.25) is 5.91 Å². The van der Waals surface area contributed by atoms with Crippen LogP contribution in [0.5, 0.6) is 0 Å². The largest absolute Gasteiger partial charge is 0.399 e. The average molecular weight is 287 g/mol. The van der Waals surface area contributed by atoms with E-state index in [1.54, 1.807) is 4.90 Å². The SMILES string of the molecule is Nc1ccc2c(c1)CCC(=O)N2Cc1ccccc1Cl. The number of halogens is 1. The molecule has 1 aliphatic heterocycles. The number of hydrogen-bond donors (Lipinski definition) is 1. The molecule has 1 amide bonds. The molecule has 0 saturated heterocycles. The van der Waals surface area contributed by atoms with Crippen LogP contribution < -0.4 is 10.6 Å². The van der Waals surface area contributed by atoms with Gasteiger partial charge in [-0.15, -0.1) is 0 Å². The van der Waals surface area contributed by atoms with Crippen LogP contribution in [0.3, 0.4) is 0 Å². The highest BCUT2D eigenvalue weighted by Crippen LogP contribution is 2.31. The number of aryl methyl sites for hydroxylation is 1. The van der Waals surface area contributed by atoms with E-state index in [1.807, 2.05) is 42.5 Å². The minimum absolute atomic E-state index is 0.127. The first-order valence-electron chi connectivity index (χ1n) is 6.57. The van der Waals surface area contributed by atoms with E-state index in [2.05, 4.69) is 0 Å². The van der Waals surface area contributed by atoms with Gasteiger partial charge in [0.05, 0.1) is 6.54 Å². The molecule has 0 radical (unpaired) electrons. The Hall–Kier alpha value is -2.00. The Balaban J connectivity index is 1.97. The number of anilines is 2. The van der Waals surface area contributed by atoms with Crippen LogP contribution in [0.25, 0.3) is 0 Å². The van der Waals surface area contributed by atoms with Crippen LogP contribution >= 0.6 is 11.6 Å². The zero-order valence-electron chi connectivity index (χ0n) is 11.0. The molecule has 102 valence electrons. The maximum absolute atomic E-state index is 12.2. The summed E-state index contributed by atoms with van der Waals surface area (Å²) in [6, 6.07) is 13.3. The predicted molar refractivity (Wildman–Crippen MR) is 81.8 cm³/mol. The summed E-state index contributed by atoms with van der Waals surface area (Å²) in [6.45, 7) is 0.495. The highest BCUT2D eigenvalue weighted by atomic mass is 35.5. The molecule has 1 aliphatic rings. The van der Waals surface area contributed by atoms with Gasteiger partial charge in [0.25, 0.3) is 0 Å². The third-order valence-electron chi connectivity index (χ3n) is 3.59. The van der Waals surface area contributed by atoms with E-state index in [0.717, 1.165) is 28.9 Å². The van der Waals surface area contributed by atoms with Crippen molar-refractivity contribution in [3.05, 3.63) is 58.6 Å². The van der Waals surface area contributed by atoms with E-state index in [-0.39, 0.29) is 5.91 Å². The fraction of sp³-hybridized carbons (Fsp3) is 0.188. The number of hydrogen-bond acceptors (Lipinski definition) is 2. The molecule has 4 heteroatoms. The molecule has 0 atom stereocenters. The lowest BCUT2D eigenvalue weighted by Gasteiger charge is -2.30. The lowest BCUT2D eigenvalue weighted by Crippen LogP contribution is -2.34. The molecule has 2 aromatic carbocycles. The van der Waals surface area contributed by atoms with Crippen molar-refractivity contribution in [2.75, 3.05) is 10.6 Å². The van der Waals surface area contributed by atoms with Crippen LogP contribution in [0, 0.1) is 0 Å². The van der Waals surface area contributed by atoms with Gasteiger partial charge in [-0.1, -0.05) is 29.8 Å². The maximum atomic E-state index is 12.2. The summed E-state index contributed by atoms with van der Waals surface area (Å²) in [7, 11) is 0. The lowest BCUT2D eigenvalue weighted by atomic mass is 10.00. The number of fused-ring (bicyclic) bond motifs is 1. The minimum atomic E-state index is 0.127. The zero-order chi connectivity index (χ0) is 14.1. The van der Waals surface area contributed by atoms with E-state index >= 15 is 0 Å². The van der Waals surface area contributed by atoms with Crippen LogP contribution in [0.4, 0.5) is 11.4 Å². The first kappa shape index (κ1) is 13.0. The molecule has 0 unspecified atom stereocenters. The monoisotopic (exact) mass is 286 g/mol. The zero-order valence-corrected chi connectivity index (χ0v) is 11.7. The molecule has 0 spiro atoms. The van der Waals surface area contributed by atoms with Crippen molar-refractivity contribution in [3.63, 3.8) is 0 Å². The second kappa shape index (κ2) is 5.17. The van der Waals surface area contributed by atoms with E-state index in [0.29, 0.717) is 18.0 Å². The first-order chi connectivity index (χ1) is 9.65. The second-order valence-corrected chi connectivity index (χ2v) is 5.37.